The minimum Gasteiger partial charge on any atom is -0.364 e. The summed E-state index contributed by atoms with van der Waals surface area (Å²) >= 11 is 0. The normalized spacial score (nSPS) is 14.8. The number of anilines is 2. The van der Waals surface area contributed by atoms with Crippen LogP contribution in [0.5, 0.6) is 0 Å². The van der Waals surface area contributed by atoms with Gasteiger partial charge in [-0.2, -0.15) is 4.98 Å². The van der Waals surface area contributed by atoms with Gasteiger partial charge in [-0.05, 0) is 32.6 Å². The summed E-state index contributed by atoms with van der Waals surface area (Å²) in [5.74, 6) is 1.36. The van der Waals surface area contributed by atoms with Crippen LogP contribution in [-0.2, 0) is 0 Å². The summed E-state index contributed by atoms with van der Waals surface area (Å²) in [5.41, 5.74) is 0.355. The first kappa shape index (κ1) is 13.5. The Morgan fingerprint density at radius 3 is 2.63 bits per heavy atom. The molecule has 19 heavy (non-hydrogen) atoms. The Morgan fingerprint density at radius 2 is 2.11 bits per heavy atom. The lowest BCUT2D eigenvalue weighted by atomic mass is 9.85. The number of aromatic nitrogens is 2. The van der Waals surface area contributed by atoms with Crippen LogP contribution >= 0.6 is 0 Å². The fourth-order valence-electron chi connectivity index (χ4n) is 2.08. The average molecular weight is 265 g/mol. The SMILES string of the molecule is CCNc1nc(C)c([N+](=O)[O-])c(NCC2CCC2)n1. The highest BCUT2D eigenvalue weighted by Gasteiger charge is 2.24. The summed E-state index contributed by atoms with van der Waals surface area (Å²) in [4.78, 5) is 19.0. The van der Waals surface area contributed by atoms with Crippen molar-refractivity contribution < 1.29 is 4.92 Å². The van der Waals surface area contributed by atoms with Gasteiger partial charge in [-0.1, -0.05) is 6.42 Å². The van der Waals surface area contributed by atoms with E-state index in [1.165, 1.54) is 19.3 Å². The van der Waals surface area contributed by atoms with Gasteiger partial charge in [0.25, 0.3) is 0 Å². The maximum Gasteiger partial charge on any atom is 0.332 e. The maximum absolute atomic E-state index is 11.1. The van der Waals surface area contributed by atoms with Crippen LogP contribution in [0.1, 0.15) is 31.9 Å². The van der Waals surface area contributed by atoms with Crippen LogP contribution in [0.25, 0.3) is 0 Å². The topological polar surface area (TPSA) is 93.0 Å². The summed E-state index contributed by atoms with van der Waals surface area (Å²) < 4.78 is 0. The van der Waals surface area contributed by atoms with Crippen LogP contribution < -0.4 is 10.6 Å². The zero-order chi connectivity index (χ0) is 13.8. The minimum absolute atomic E-state index is 0.0269. The molecule has 1 aliphatic carbocycles. The third-order valence-electron chi connectivity index (χ3n) is 3.36. The van der Waals surface area contributed by atoms with Gasteiger partial charge >= 0.3 is 5.69 Å². The summed E-state index contributed by atoms with van der Waals surface area (Å²) in [7, 11) is 0. The number of rotatable bonds is 6. The lowest BCUT2D eigenvalue weighted by Gasteiger charge is -2.25. The number of nitrogens with zero attached hydrogens (tertiary/aromatic N) is 3. The predicted molar refractivity (Wildman–Crippen MR) is 73.4 cm³/mol. The number of hydrogen-bond acceptors (Lipinski definition) is 6. The number of hydrogen-bond donors (Lipinski definition) is 2. The first-order chi connectivity index (χ1) is 9.11. The van der Waals surface area contributed by atoms with Gasteiger partial charge < -0.3 is 10.6 Å². The number of nitro groups is 1. The van der Waals surface area contributed by atoms with Gasteiger partial charge in [0, 0.05) is 13.1 Å². The van der Waals surface area contributed by atoms with E-state index in [-0.39, 0.29) is 5.69 Å². The summed E-state index contributed by atoms with van der Waals surface area (Å²) in [6, 6.07) is 0. The van der Waals surface area contributed by atoms with Gasteiger partial charge in [-0.3, -0.25) is 10.1 Å². The molecule has 0 atom stereocenters. The van der Waals surface area contributed by atoms with E-state index >= 15 is 0 Å². The molecule has 0 amide bonds. The Hall–Kier alpha value is -1.92. The van der Waals surface area contributed by atoms with Gasteiger partial charge in [0.15, 0.2) is 0 Å². The van der Waals surface area contributed by atoms with Gasteiger partial charge in [0.1, 0.15) is 5.69 Å². The van der Waals surface area contributed by atoms with Crippen LogP contribution in [0.15, 0.2) is 0 Å². The molecule has 104 valence electrons. The lowest BCUT2D eigenvalue weighted by Crippen LogP contribution is -2.22. The number of nitrogens with one attached hydrogen (secondary N) is 2. The Bertz CT molecular complexity index is 473. The standard InChI is InChI=1S/C12H19N5O2/c1-3-13-12-15-8(2)10(17(18)19)11(16-12)14-7-9-5-4-6-9/h9H,3-7H2,1-2H3,(H2,13,14,15,16). The van der Waals surface area contributed by atoms with Crippen molar-refractivity contribution >= 4 is 17.5 Å². The smallest absolute Gasteiger partial charge is 0.332 e. The Kier molecular flexibility index (Phi) is 4.13. The Balaban J connectivity index is 2.21. The van der Waals surface area contributed by atoms with Gasteiger partial charge in [-0.15, -0.1) is 0 Å². The molecule has 1 saturated carbocycles. The van der Waals surface area contributed by atoms with E-state index in [2.05, 4.69) is 20.6 Å². The molecule has 0 spiro atoms. The molecule has 1 aromatic rings. The van der Waals surface area contributed by atoms with Gasteiger partial charge in [-0.25, -0.2) is 4.98 Å². The quantitative estimate of drug-likeness (QED) is 0.605. The van der Waals surface area contributed by atoms with E-state index in [0.29, 0.717) is 29.9 Å². The molecule has 2 rings (SSSR count). The molecule has 0 aliphatic heterocycles. The molecule has 0 saturated heterocycles. The first-order valence-electron chi connectivity index (χ1n) is 6.62. The molecule has 7 nitrogen and oxygen atoms in total. The second-order valence-electron chi connectivity index (χ2n) is 4.80. The van der Waals surface area contributed by atoms with Crippen molar-refractivity contribution in [1.29, 1.82) is 0 Å². The Morgan fingerprint density at radius 1 is 1.37 bits per heavy atom. The van der Waals surface area contributed by atoms with E-state index in [1.807, 2.05) is 6.92 Å². The summed E-state index contributed by atoms with van der Waals surface area (Å²) in [6.45, 7) is 4.99. The second kappa shape index (κ2) is 5.81. The van der Waals surface area contributed by atoms with E-state index < -0.39 is 4.92 Å². The zero-order valence-corrected chi connectivity index (χ0v) is 11.3. The van der Waals surface area contributed by atoms with Crippen molar-refractivity contribution in [3.63, 3.8) is 0 Å². The second-order valence-corrected chi connectivity index (χ2v) is 4.80. The zero-order valence-electron chi connectivity index (χ0n) is 11.3. The third kappa shape index (κ3) is 3.10. The monoisotopic (exact) mass is 265 g/mol. The highest BCUT2D eigenvalue weighted by atomic mass is 16.6. The molecular weight excluding hydrogens is 246 g/mol. The fraction of sp³-hybridized carbons (Fsp3) is 0.667. The van der Waals surface area contributed by atoms with E-state index in [9.17, 15) is 10.1 Å². The van der Waals surface area contributed by atoms with E-state index in [1.54, 1.807) is 6.92 Å². The van der Waals surface area contributed by atoms with Crippen LogP contribution in [0.2, 0.25) is 0 Å². The largest absolute Gasteiger partial charge is 0.364 e. The molecule has 1 heterocycles. The van der Waals surface area contributed by atoms with Crippen LogP contribution in [-0.4, -0.2) is 28.0 Å². The van der Waals surface area contributed by atoms with E-state index in [4.69, 9.17) is 0 Å². The molecule has 1 aromatic heterocycles. The molecule has 0 radical (unpaired) electrons. The molecule has 7 heteroatoms. The van der Waals surface area contributed by atoms with E-state index in [0.717, 1.165) is 6.54 Å². The van der Waals surface area contributed by atoms with Crippen molar-refractivity contribution in [2.75, 3.05) is 23.7 Å². The highest BCUT2D eigenvalue weighted by Crippen LogP contribution is 2.30. The maximum atomic E-state index is 11.1. The van der Waals surface area contributed by atoms with Crippen molar-refractivity contribution in [2.45, 2.75) is 33.1 Å². The van der Waals surface area contributed by atoms with Gasteiger partial charge in [0.2, 0.25) is 11.8 Å². The fourth-order valence-corrected chi connectivity index (χ4v) is 2.08. The molecule has 2 N–H and O–H groups in total. The molecule has 0 aromatic carbocycles. The average Bonchev–Trinajstić information content (AvgIpc) is 2.26. The van der Waals surface area contributed by atoms with Crippen molar-refractivity contribution in [1.82, 2.24) is 9.97 Å². The van der Waals surface area contributed by atoms with Gasteiger partial charge in [0.05, 0.1) is 4.92 Å². The van der Waals surface area contributed by atoms with Crippen LogP contribution in [0, 0.1) is 23.0 Å². The minimum atomic E-state index is -0.422. The highest BCUT2D eigenvalue weighted by molar-refractivity contribution is 5.60. The molecule has 0 bridgehead atoms. The molecule has 1 aliphatic rings. The predicted octanol–water partition coefficient (Wildman–Crippen LogP) is 2.34. The van der Waals surface area contributed by atoms with Crippen LogP contribution in [0.4, 0.5) is 17.5 Å². The van der Waals surface area contributed by atoms with Crippen molar-refractivity contribution in [2.24, 2.45) is 5.92 Å². The Labute approximate surface area is 112 Å². The van der Waals surface area contributed by atoms with Crippen molar-refractivity contribution in [3.8, 4) is 0 Å². The first-order valence-corrected chi connectivity index (χ1v) is 6.62. The molecule has 1 fully saturated rings. The third-order valence-corrected chi connectivity index (χ3v) is 3.36. The molecule has 0 unspecified atom stereocenters. The summed E-state index contributed by atoms with van der Waals surface area (Å²) in [5, 5.41) is 17.2. The van der Waals surface area contributed by atoms with Crippen LogP contribution in [0.3, 0.4) is 0 Å². The summed E-state index contributed by atoms with van der Waals surface area (Å²) in [6.07, 6.45) is 3.62. The lowest BCUT2D eigenvalue weighted by molar-refractivity contribution is -0.385. The number of aryl methyl sites for hydroxylation is 1. The van der Waals surface area contributed by atoms with Crippen molar-refractivity contribution in [3.05, 3.63) is 15.8 Å². The molecular formula is C12H19N5O2.